The predicted octanol–water partition coefficient (Wildman–Crippen LogP) is 3.51. The molecule has 1 unspecified atom stereocenters. The summed E-state index contributed by atoms with van der Waals surface area (Å²) >= 11 is 2.50. The highest BCUT2D eigenvalue weighted by Gasteiger charge is 2.37. The third-order valence-electron chi connectivity index (χ3n) is 4.08. The highest BCUT2D eigenvalue weighted by Crippen LogP contribution is 2.40. The molecule has 0 aromatic carbocycles. The highest BCUT2D eigenvalue weighted by molar-refractivity contribution is 7.91. The molecule has 1 aliphatic heterocycles. The van der Waals surface area contributed by atoms with E-state index in [1.807, 2.05) is 18.4 Å². The van der Waals surface area contributed by atoms with Crippen molar-refractivity contribution < 1.29 is 18.3 Å². The van der Waals surface area contributed by atoms with Crippen molar-refractivity contribution in [3.8, 4) is 0 Å². The molecule has 0 saturated heterocycles. The Kier molecular flexibility index (Phi) is 4.35. The first-order chi connectivity index (χ1) is 10.9. The second-order valence-corrected chi connectivity index (χ2v) is 9.64. The molecule has 0 aliphatic carbocycles. The summed E-state index contributed by atoms with van der Waals surface area (Å²) in [6.07, 6.45) is 1.40. The van der Waals surface area contributed by atoms with Crippen molar-refractivity contribution >= 4 is 38.7 Å². The molecule has 1 N–H and O–H groups in total. The molecule has 2 aromatic rings. The molecule has 124 valence electrons. The van der Waals surface area contributed by atoms with Crippen LogP contribution in [0.4, 0.5) is 0 Å². The van der Waals surface area contributed by atoms with E-state index in [-0.39, 0.29) is 15.1 Å². The third-order valence-corrected chi connectivity index (χ3v) is 8.66. The maximum Gasteiger partial charge on any atom is 0.346 e. The van der Waals surface area contributed by atoms with E-state index in [9.17, 15) is 13.2 Å². The standard InChI is InChI=1S/C15H17NO4S3/c1-3-11-10-5-7-21-12(10)4-6-16(11)23(19,20)13-8-9(2)14(22-13)15(17)18/h5,7-8,11H,3-4,6H2,1-2H3,(H,17,18). The fraction of sp³-hybridized carbons (Fsp3) is 0.400. The van der Waals surface area contributed by atoms with E-state index in [4.69, 9.17) is 5.11 Å². The van der Waals surface area contributed by atoms with Crippen LogP contribution in [0, 0.1) is 6.92 Å². The van der Waals surface area contributed by atoms with E-state index in [0.717, 1.165) is 16.9 Å². The predicted molar refractivity (Wildman–Crippen MR) is 91.0 cm³/mol. The lowest BCUT2D eigenvalue weighted by atomic mass is 10.0. The minimum atomic E-state index is -3.69. The van der Waals surface area contributed by atoms with Gasteiger partial charge >= 0.3 is 5.97 Å². The molecule has 0 saturated carbocycles. The Labute approximate surface area is 143 Å². The van der Waals surface area contributed by atoms with Crippen molar-refractivity contribution in [2.45, 2.75) is 36.9 Å². The van der Waals surface area contributed by atoms with Crippen LogP contribution in [0.5, 0.6) is 0 Å². The zero-order valence-corrected chi connectivity index (χ0v) is 15.2. The van der Waals surface area contributed by atoms with Crippen LogP contribution in [0.3, 0.4) is 0 Å². The smallest absolute Gasteiger partial charge is 0.346 e. The van der Waals surface area contributed by atoms with Crippen LogP contribution < -0.4 is 0 Å². The minimum Gasteiger partial charge on any atom is -0.477 e. The van der Waals surface area contributed by atoms with E-state index in [1.54, 1.807) is 18.3 Å². The van der Waals surface area contributed by atoms with Crippen LogP contribution in [0.1, 0.15) is 45.1 Å². The van der Waals surface area contributed by atoms with Gasteiger partial charge in [0.05, 0.1) is 6.04 Å². The monoisotopic (exact) mass is 371 g/mol. The van der Waals surface area contributed by atoms with Crippen molar-refractivity contribution in [2.75, 3.05) is 6.54 Å². The molecule has 2 aromatic heterocycles. The SMILES string of the molecule is CCC1c2ccsc2CCN1S(=O)(=O)c1cc(C)c(C(=O)O)s1. The van der Waals surface area contributed by atoms with Gasteiger partial charge in [0.15, 0.2) is 0 Å². The molecule has 3 heterocycles. The summed E-state index contributed by atoms with van der Waals surface area (Å²) < 4.78 is 27.7. The molecular weight excluding hydrogens is 354 g/mol. The topological polar surface area (TPSA) is 74.7 Å². The first-order valence-corrected chi connectivity index (χ1v) is 10.4. The Balaban J connectivity index is 2.03. The lowest BCUT2D eigenvalue weighted by molar-refractivity contribution is 0.0701. The number of carboxylic acid groups (broad SMARTS) is 1. The van der Waals surface area contributed by atoms with Gasteiger partial charge in [-0.25, -0.2) is 13.2 Å². The van der Waals surface area contributed by atoms with Gasteiger partial charge < -0.3 is 5.11 Å². The van der Waals surface area contributed by atoms with E-state index >= 15 is 0 Å². The van der Waals surface area contributed by atoms with Crippen LogP contribution >= 0.6 is 22.7 Å². The summed E-state index contributed by atoms with van der Waals surface area (Å²) in [4.78, 5) is 12.5. The molecule has 0 fully saturated rings. The summed E-state index contributed by atoms with van der Waals surface area (Å²) in [5.41, 5.74) is 1.57. The van der Waals surface area contributed by atoms with Gasteiger partial charge in [0.25, 0.3) is 10.0 Å². The lowest BCUT2D eigenvalue weighted by Crippen LogP contribution is -2.38. The molecule has 5 nitrogen and oxygen atoms in total. The number of carbonyl (C=O) groups is 1. The highest BCUT2D eigenvalue weighted by atomic mass is 32.2. The second-order valence-electron chi connectivity index (χ2n) is 5.47. The number of nitrogens with zero attached hydrogens (tertiary/aromatic N) is 1. The van der Waals surface area contributed by atoms with Gasteiger partial charge in [-0.15, -0.1) is 22.7 Å². The maximum absolute atomic E-state index is 13.0. The lowest BCUT2D eigenvalue weighted by Gasteiger charge is -2.33. The van der Waals surface area contributed by atoms with Crippen molar-refractivity contribution in [3.05, 3.63) is 38.4 Å². The summed E-state index contributed by atoms with van der Waals surface area (Å²) in [7, 11) is -3.69. The second kappa shape index (κ2) is 6.01. The van der Waals surface area contributed by atoms with E-state index in [0.29, 0.717) is 24.9 Å². The van der Waals surface area contributed by atoms with Crippen molar-refractivity contribution in [1.82, 2.24) is 4.31 Å². The molecule has 1 atom stereocenters. The summed E-state index contributed by atoms with van der Waals surface area (Å²) in [5, 5.41) is 11.2. The number of rotatable bonds is 4. The number of aromatic carboxylic acids is 1. The quantitative estimate of drug-likeness (QED) is 0.892. The Bertz CT molecular complexity index is 850. The Morgan fingerprint density at radius 3 is 2.83 bits per heavy atom. The van der Waals surface area contributed by atoms with Gasteiger partial charge in [-0.1, -0.05) is 6.92 Å². The van der Waals surface area contributed by atoms with E-state index in [1.165, 1.54) is 15.2 Å². The van der Waals surface area contributed by atoms with Gasteiger partial charge in [0, 0.05) is 11.4 Å². The van der Waals surface area contributed by atoms with Crippen molar-refractivity contribution in [1.29, 1.82) is 0 Å². The molecule has 3 rings (SSSR count). The number of thiophene rings is 2. The fourth-order valence-corrected chi connectivity index (χ4v) is 7.11. The zero-order valence-electron chi connectivity index (χ0n) is 12.8. The Hall–Kier alpha value is -1.22. The van der Waals surface area contributed by atoms with E-state index in [2.05, 4.69) is 0 Å². The minimum absolute atomic E-state index is 0.0878. The van der Waals surface area contributed by atoms with Gasteiger partial charge in [-0.3, -0.25) is 0 Å². The largest absolute Gasteiger partial charge is 0.477 e. The zero-order chi connectivity index (χ0) is 16.8. The first-order valence-electron chi connectivity index (χ1n) is 7.28. The molecule has 0 spiro atoms. The maximum atomic E-state index is 13.0. The normalized spacial score (nSPS) is 18.8. The fourth-order valence-electron chi connectivity index (χ4n) is 2.99. The van der Waals surface area contributed by atoms with Crippen molar-refractivity contribution in [3.63, 3.8) is 0 Å². The van der Waals surface area contributed by atoms with Crippen LogP contribution in [0.25, 0.3) is 0 Å². The molecular formula is C15H17NO4S3. The van der Waals surface area contributed by atoms with Crippen molar-refractivity contribution in [2.24, 2.45) is 0 Å². The number of hydrogen-bond donors (Lipinski definition) is 1. The van der Waals surface area contributed by atoms with Crippen LogP contribution in [-0.2, 0) is 16.4 Å². The number of sulfonamides is 1. The molecule has 1 aliphatic rings. The number of hydrogen-bond acceptors (Lipinski definition) is 5. The van der Waals surface area contributed by atoms with Crippen LogP contribution in [0.15, 0.2) is 21.7 Å². The Morgan fingerprint density at radius 1 is 1.48 bits per heavy atom. The summed E-state index contributed by atoms with van der Waals surface area (Å²) in [6, 6.07) is 3.29. The van der Waals surface area contributed by atoms with Gasteiger partial charge in [-0.05, 0) is 48.4 Å². The van der Waals surface area contributed by atoms with Gasteiger partial charge in [-0.2, -0.15) is 4.31 Å². The number of aryl methyl sites for hydroxylation is 1. The van der Waals surface area contributed by atoms with Gasteiger partial charge in [0.1, 0.15) is 9.09 Å². The number of fused-ring (bicyclic) bond motifs is 1. The molecule has 8 heteroatoms. The van der Waals surface area contributed by atoms with E-state index < -0.39 is 16.0 Å². The molecule has 0 bridgehead atoms. The van der Waals surface area contributed by atoms with Crippen LogP contribution in [-0.4, -0.2) is 30.3 Å². The third kappa shape index (κ3) is 2.73. The average Bonchev–Trinajstić information content (AvgIpc) is 3.12. The van der Waals surface area contributed by atoms with Gasteiger partial charge in [0.2, 0.25) is 0 Å². The molecule has 0 amide bonds. The first kappa shape index (κ1) is 16.6. The molecule has 23 heavy (non-hydrogen) atoms. The molecule has 0 radical (unpaired) electrons. The van der Waals surface area contributed by atoms with Crippen LogP contribution in [0.2, 0.25) is 0 Å². The summed E-state index contributed by atoms with van der Waals surface area (Å²) in [5.74, 6) is -1.08. The average molecular weight is 372 g/mol. The number of carboxylic acids is 1. The summed E-state index contributed by atoms with van der Waals surface area (Å²) in [6.45, 7) is 4.04. The Morgan fingerprint density at radius 2 is 2.22 bits per heavy atom.